The van der Waals surface area contributed by atoms with Gasteiger partial charge < -0.3 is 9.84 Å². The van der Waals surface area contributed by atoms with E-state index in [1.54, 1.807) is 31.2 Å². The van der Waals surface area contributed by atoms with Crippen LogP contribution in [-0.2, 0) is 11.4 Å². The zero-order valence-corrected chi connectivity index (χ0v) is 11.3. The molecule has 0 fully saturated rings. The van der Waals surface area contributed by atoms with Gasteiger partial charge in [0.1, 0.15) is 12.4 Å². The first-order valence-corrected chi connectivity index (χ1v) is 6.37. The Kier molecular flexibility index (Phi) is 4.52. The third kappa shape index (κ3) is 3.78. The third-order valence-corrected chi connectivity index (χ3v) is 3.15. The maximum atomic E-state index is 13.0. The Hall–Kier alpha value is -2.43. The molecule has 21 heavy (non-hydrogen) atoms. The van der Waals surface area contributed by atoms with Crippen LogP contribution in [0.4, 0.5) is 8.78 Å². The summed E-state index contributed by atoms with van der Waals surface area (Å²) in [5.41, 5.74) is 1.50. The molecule has 0 aromatic heterocycles. The summed E-state index contributed by atoms with van der Waals surface area (Å²) >= 11 is 0. The number of hydrogen-bond donors (Lipinski definition) is 1. The standard InChI is InChI=1S/C16H14F2O3/c1-10(16(19)20)12-4-2-11(3-5-12)9-21-13-6-7-14(17)15(18)8-13/h2-8,10H,9H2,1H3,(H,19,20). The Morgan fingerprint density at radius 2 is 1.81 bits per heavy atom. The van der Waals surface area contributed by atoms with E-state index in [-0.39, 0.29) is 12.4 Å². The van der Waals surface area contributed by atoms with E-state index in [9.17, 15) is 13.6 Å². The lowest BCUT2D eigenvalue weighted by atomic mass is 10.0. The SMILES string of the molecule is CC(C(=O)O)c1ccc(COc2ccc(F)c(F)c2)cc1. The van der Waals surface area contributed by atoms with Gasteiger partial charge in [0.15, 0.2) is 11.6 Å². The van der Waals surface area contributed by atoms with Gasteiger partial charge >= 0.3 is 5.97 Å². The van der Waals surface area contributed by atoms with Crippen LogP contribution >= 0.6 is 0 Å². The minimum absolute atomic E-state index is 0.187. The van der Waals surface area contributed by atoms with Crippen LogP contribution in [0.3, 0.4) is 0 Å². The summed E-state index contributed by atoms with van der Waals surface area (Å²) in [4.78, 5) is 10.9. The van der Waals surface area contributed by atoms with Crippen LogP contribution in [0.25, 0.3) is 0 Å². The van der Waals surface area contributed by atoms with E-state index < -0.39 is 23.5 Å². The summed E-state index contributed by atoms with van der Waals surface area (Å²) in [5.74, 6) is -3.11. The topological polar surface area (TPSA) is 46.5 Å². The molecule has 2 aromatic carbocycles. The summed E-state index contributed by atoms with van der Waals surface area (Å²) in [6, 6.07) is 10.2. The second-order valence-electron chi connectivity index (χ2n) is 4.67. The van der Waals surface area contributed by atoms with Gasteiger partial charge in [0.05, 0.1) is 5.92 Å². The summed E-state index contributed by atoms with van der Waals surface area (Å²) < 4.78 is 31.1. The summed E-state index contributed by atoms with van der Waals surface area (Å²) in [6.07, 6.45) is 0. The molecular weight excluding hydrogens is 278 g/mol. The molecule has 2 aromatic rings. The Morgan fingerprint density at radius 1 is 1.14 bits per heavy atom. The minimum atomic E-state index is -0.960. The molecule has 0 saturated carbocycles. The molecule has 1 atom stereocenters. The minimum Gasteiger partial charge on any atom is -0.489 e. The highest BCUT2D eigenvalue weighted by Gasteiger charge is 2.13. The summed E-state index contributed by atoms with van der Waals surface area (Å²) in [7, 11) is 0. The predicted octanol–water partition coefficient (Wildman–Crippen LogP) is 3.73. The van der Waals surface area contributed by atoms with Crippen LogP contribution in [0.5, 0.6) is 5.75 Å². The van der Waals surface area contributed by atoms with Crippen LogP contribution in [0, 0.1) is 11.6 Å². The van der Waals surface area contributed by atoms with Crippen LogP contribution in [-0.4, -0.2) is 11.1 Å². The highest BCUT2D eigenvalue weighted by Crippen LogP contribution is 2.19. The molecule has 0 aliphatic heterocycles. The summed E-state index contributed by atoms with van der Waals surface area (Å²) in [6.45, 7) is 1.79. The molecule has 0 aliphatic carbocycles. The fourth-order valence-electron chi connectivity index (χ4n) is 1.78. The molecule has 3 nitrogen and oxygen atoms in total. The molecule has 1 N–H and O–H groups in total. The number of aliphatic carboxylic acids is 1. The quantitative estimate of drug-likeness (QED) is 0.913. The van der Waals surface area contributed by atoms with Crippen molar-refractivity contribution in [3.63, 3.8) is 0 Å². The average Bonchev–Trinajstić information content (AvgIpc) is 2.48. The highest BCUT2D eigenvalue weighted by molar-refractivity contribution is 5.75. The number of ether oxygens (including phenoxy) is 1. The number of carbonyl (C=O) groups is 1. The number of hydrogen-bond acceptors (Lipinski definition) is 2. The van der Waals surface area contributed by atoms with Gasteiger partial charge in [-0.25, -0.2) is 8.78 Å². The lowest BCUT2D eigenvalue weighted by molar-refractivity contribution is -0.138. The molecule has 0 spiro atoms. The molecule has 0 radical (unpaired) electrons. The lowest BCUT2D eigenvalue weighted by Gasteiger charge is -2.09. The van der Waals surface area contributed by atoms with Crippen molar-refractivity contribution >= 4 is 5.97 Å². The fourth-order valence-corrected chi connectivity index (χ4v) is 1.78. The van der Waals surface area contributed by atoms with Crippen molar-refractivity contribution in [2.75, 3.05) is 0 Å². The second kappa shape index (κ2) is 6.35. The van der Waals surface area contributed by atoms with E-state index in [4.69, 9.17) is 9.84 Å². The number of carboxylic acid groups (broad SMARTS) is 1. The fraction of sp³-hybridized carbons (Fsp3) is 0.188. The van der Waals surface area contributed by atoms with Crippen LogP contribution < -0.4 is 4.74 Å². The Balaban J connectivity index is 2.00. The monoisotopic (exact) mass is 292 g/mol. The van der Waals surface area contributed by atoms with Gasteiger partial charge in [0.2, 0.25) is 0 Å². The maximum Gasteiger partial charge on any atom is 0.310 e. The molecule has 0 aliphatic rings. The van der Waals surface area contributed by atoms with E-state index >= 15 is 0 Å². The molecular formula is C16H14F2O3. The zero-order valence-electron chi connectivity index (χ0n) is 11.3. The lowest BCUT2D eigenvalue weighted by Crippen LogP contribution is -2.07. The van der Waals surface area contributed by atoms with Gasteiger partial charge in [-0.2, -0.15) is 0 Å². The van der Waals surface area contributed by atoms with Crippen molar-refractivity contribution in [1.82, 2.24) is 0 Å². The molecule has 0 saturated heterocycles. The Bertz CT molecular complexity index is 638. The van der Waals surface area contributed by atoms with E-state index in [2.05, 4.69) is 0 Å². The van der Waals surface area contributed by atoms with Crippen molar-refractivity contribution in [2.24, 2.45) is 0 Å². The third-order valence-electron chi connectivity index (χ3n) is 3.15. The number of benzene rings is 2. The van der Waals surface area contributed by atoms with Crippen LogP contribution in [0.2, 0.25) is 0 Å². The number of rotatable bonds is 5. The molecule has 2 rings (SSSR count). The van der Waals surface area contributed by atoms with E-state index in [0.717, 1.165) is 17.7 Å². The largest absolute Gasteiger partial charge is 0.489 e. The first-order chi connectivity index (χ1) is 9.97. The molecule has 1 unspecified atom stereocenters. The molecule has 0 bridgehead atoms. The first kappa shape index (κ1) is 15.0. The molecule has 5 heteroatoms. The Morgan fingerprint density at radius 3 is 2.38 bits per heavy atom. The maximum absolute atomic E-state index is 13.0. The normalized spacial score (nSPS) is 12.0. The van der Waals surface area contributed by atoms with Crippen molar-refractivity contribution in [2.45, 2.75) is 19.4 Å². The molecule has 0 amide bonds. The van der Waals surface area contributed by atoms with Crippen molar-refractivity contribution in [3.8, 4) is 5.75 Å². The van der Waals surface area contributed by atoms with Gasteiger partial charge in [-0.1, -0.05) is 24.3 Å². The number of halogens is 2. The van der Waals surface area contributed by atoms with Crippen molar-refractivity contribution in [3.05, 3.63) is 65.2 Å². The molecule has 110 valence electrons. The molecule has 0 heterocycles. The number of carboxylic acids is 1. The Labute approximate surface area is 120 Å². The van der Waals surface area contributed by atoms with Crippen molar-refractivity contribution in [1.29, 1.82) is 0 Å². The van der Waals surface area contributed by atoms with Crippen molar-refractivity contribution < 1.29 is 23.4 Å². The van der Waals surface area contributed by atoms with E-state index in [0.29, 0.717) is 5.56 Å². The van der Waals surface area contributed by atoms with E-state index in [1.807, 2.05) is 0 Å². The van der Waals surface area contributed by atoms with Gasteiger partial charge in [-0.3, -0.25) is 4.79 Å². The average molecular weight is 292 g/mol. The van der Waals surface area contributed by atoms with Gasteiger partial charge in [-0.15, -0.1) is 0 Å². The van der Waals surface area contributed by atoms with Crippen LogP contribution in [0.1, 0.15) is 24.0 Å². The first-order valence-electron chi connectivity index (χ1n) is 6.37. The van der Waals surface area contributed by atoms with Gasteiger partial charge in [-0.05, 0) is 30.2 Å². The predicted molar refractivity (Wildman–Crippen MR) is 73.2 cm³/mol. The zero-order chi connectivity index (χ0) is 15.4. The van der Waals surface area contributed by atoms with E-state index in [1.165, 1.54) is 6.07 Å². The van der Waals surface area contributed by atoms with Crippen LogP contribution in [0.15, 0.2) is 42.5 Å². The highest BCUT2D eigenvalue weighted by atomic mass is 19.2. The smallest absolute Gasteiger partial charge is 0.310 e. The van der Waals surface area contributed by atoms with Gasteiger partial charge in [0, 0.05) is 6.07 Å². The summed E-state index contributed by atoms with van der Waals surface area (Å²) in [5, 5.41) is 8.91. The van der Waals surface area contributed by atoms with Gasteiger partial charge in [0.25, 0.3) is 0 Å². The second-order valence-corrected chi connectivity index (χ2v) is 4.67.